The predicted octanol–water partition coefficient (Wildman–Crippen LogP) is 1.34. The second-order valence-corrected chi connectivity index (χ2v) is 5.79. The largest absolute Gasteiger partial charge is 0.401 e. The van der Waals surface area contributed by atoms with Gasteiger partial charge in [-0.05, 0) is 27.7 Å². The third-order valence-corrected chi connectivity index (χ3v) is 3.26. The van der Waals surface area contributed by atoms with Crippen molar-refractivity contribution in [2.45, 2.75) is 57.0 Å². The Morgan fingerprint density at radius 1 is 1.33 bits per heavy atom. The van der Waals surface area contributed by atoms with Crippen molar-refractivity contribution >= 4 is 5.91 Å². The first-order valence-corrected chi connectivity index (χ1v) is 5.63. The first kappa shape index (κ1) is 15.2. The second-order valence-electron chi connectivity index (χ2n) is 5.79. The number of ether oxygens (including phenoxy) is 1. The molecule has 7 heteroatoms. The fourth-order valence-electron chi connectivity index (χ4n) is 2.66. The highest BCUT2D eigenvalue weighted by Crippen LogP contribution is 2.45. The maximum atomic E-state index is 12.3. The molecule has 1 fully saturated rings. The van der Waals surface area contributed by atoms with Crippen LogP contribution in [0, 0.1) is 0 Å². The number of nitrogens with one attached hydrogen (secondary N) is 1. The summed E-state index contributed by atoms with van der Waals surface area (Å²) >= 11 is 0. The van der Waals surface area contributed by atoms with E-state index < -0.39 is 35.4 Å². The molecule has 3 N–H and O–H groups in total. The molecule has 0 aromatic carbocycles. The molecule has 1 heterocycles. The lowest BCUT2D eigenvalue weighted by molar-refractivity contribution is -0.145. The molecule has 0 radical (unpaired) electrons. The van der Waals surface area contributed by atoms with Gasteiger partial charge in [0.25, 0.3) is 0 Å². The zero-order valence-electron chi connectivity index (χ0n) is 10.9. The van der Waals surface area contributed by atoms with Crippen molar-refractivity contribution in [1.82, 2.24) is 5.32 Å². The van der Waals surface area contributed by atoms with Crippen LogP contribution in [0.4, 0.5) is 13.2 Å². The highest BCUT2D eigenvalue weighted by Gasteiger charge is 2.61. The van der Waals surface area contributed by atoms with Crippen LogP contribution in [0.1, 0.15) is 34.1 Å². The number of rotatable bonds is 3. The number of hydrogen-bond acceptors (Lipinski definition) is 3. The van der Waals surface area contributed by atoms with E-state index in [2.05, 4.69) is 5.32 Å². The van der Waals surface area contributed by atoms with Crippen molar-refractivity contribution in [3.63, 3.8) is 0 Å². The Kier molecular flexibility index (Phi) is 3.47. The van der Waals surface area contributed by atoms with Crippen LogP contribution in [-0.2, 0) is 9.53 Å². The van der Waals surface area contributed by atoms with E-state index in [1.54, 1.807) is 27.7 Å². The number of primary amides is 1. The topological polar surface area (TPSA) is 64.3 Å². The monoisotopic (exact) mass is 268 g/mol. The molecule has 0 aliphatic carbocycles. The van der Waals surface area contributed by atoms with Crippen molar-refractivity contribution in [2.24, 2.45) is 5.73 Å². The Hall–Kier alpha value is -0.820. The normalized spacial score (nSPS) is 30.4. The molecule has 1 unspecified atom stereocenters. The average molecular weight is 268 g/mol. The van der Waals surface area contributed by atoms with Gasteiger partial charge in [0.1, 0.15) is 5.54 Å². The van der Waals surface area contributed by atoms with Gasteiger partial charge in [0.05, 0.1) is 17.7 Å². The van der Waals surface area contributed by atoms with Crippen molar-refractivity contribution in [2.75, 3.05) is 6.54 Å². The Bertz CT molecular complexity index is 353. The minimum Gasteiger partial charge on any atom is -0.368 e. The molecule has 18 heavy (non-hydrogen) atoms. The van der Waals surface area contributed by atoms with E-state index in [0.717, 1.165) is 0 Å². The zero-order chi connectivity index (χ0) is 14.4. The Balaban J connectivity index is 3.05. The van der Waals surface area contributed by atoms with Gasteiger partial charge in [-0.2, -0.15) is 13.2 Å². The Morgan fingerprint density at radius 2 is 1.83 bits per heavy atom. The molecule has 0 spiro atoms. The molecular formula is C11H19F3N2O2. The summed E-state index contributed by atoms with van der Waals surface area (Å²) < 4.78 is 42.6. The lowest BCUT2D eigenvalue weighted by Crippen LogP contribution is -2.66. The third-order valence-electron chi connectivity index (χ3n) is 3.26. The molecule has 1 rings (SSSR count). The number of hydrogen-bond donors (Lipinski definition) is 2. The number of carbonyl (C=O) groups is 1. The summed E-state index contributed by atoms with van der Waals surface area (Å²) in [5.74, 6) is -0.831. The Labute approximate surface area is 104 Å². The molecule has 0 saturated carbocycles. The van der Waals surface area contributed by atoms with E-state index in [9.17, 15) is 18.0 Å². The summed E-state index contributed by atoms with van der Waals surface area (Å²) in [5.41, 5.74) is 1.97. The SMILES string of the molecule is CC1(C)CC(NCC(F)(F)F)(C(N)=O)C(C)(C)O1. The summed E-state index contributed by atoms with van der Waals surface area (Å²) in [5, 5.41) is 2.26. The van der Waals surface area contributed by atoms with Crippen LogP contribution < -0.4 is 11.1 Å². The van der Waals surface area contributed by atoms with Gasteiger partial charge in [-0.15, -0.1) is 0 Å². The molecule has 106 valence electrons. The summed E-state index contributed by atoms with van der Waals surface area (Å²) in [7, 11) is 0. The highest BCUT2D eigenvalue weighted by molar-refractivity contribution is 5.87. The van der Waals surface area contributed by atoms with E-state index in [-0.39, 0.29) is 6.42 Å². The van der Waals surface area contributed by atoms with Gasteiger partial charge in [0.15, 0.2) is 0 Å². The van der Waals surface area contributed by atoms with Crippen LogP contribution in [0.3, 0.4) is 0 Å². The zero-order valence-corrected chi connectivity index (χ0v) is 10.9. The minimum atomic E-state index is -4.41. The van der Waals surface area contributed by atoms with Crippen molar-refractivity contribution in [3.05, 3.63) is 0 Å². The van der Waals surface area contributed by atoms with Crippen LogP contribution in [0.25, 0.3) is 0 Å². The average Bonchev–Trinajstić information content (AvgIpc) is 2.26. The van der Waals surface area contributed by atoms with E-state index in [0.29, 0.717) is 0 Å². The van der Waals surface area contributed by atoms with E-state index >= 15 is 0 Å². The maximum absolute atomic E-state index is 12.3. The van der Waals surface area contributed by atoms with Gasteiger partial charge in [0, 0.05) is 6.42 Å². The van der Waals surface area contributed by atoms with E-state index in [1.807, 2.05) is 0 Å². The third kappa shape index (κ3) is 2.77. The summed E-state index contributed by atoms with van der Waals surface area (Å²) in [6.45, 7) is 5.29. The van der Waals surface area contributed by atoms with Crippen LogP contribution in [0.15, 0.2) is 0 Å². The maximum Gasteiger partial charge on any atom is 0.401 e. The van der Waals surface area contributed by atoms with Gasteiger partial charge >= 0.3 is 6.18 Å². The van der Waals surface area contributed by atoms with E-state index in [1.165, 1.54) is 0 Å². The summed E-state index contributed by atoms with van der Waals surface area (Å²) in [6.07, 6.45) is -4.32. The van der Waals surface area contributed by atoms with Gasteiger partial charge in [0.2, 0.25) is 5.91 Å². The molecular weight excluding hydrogens is 249 g/mol. The number of alkyl halides is 3. The predicted molar refractivity (Wildman–Crippen MR) is 59.8 cm³/mol. The first-order chi connectivity index (χ1) is 7.81. The fraction of sp³-hybridized carbons (Fsp3) is 0.909. The van der Waals surface area contributed by atoms with Crippen molar-refractivity contribution in [3.8, 4) is 0 Å². The van der Waals surface area contributed by atoms with Crippen molar-refractivity contribution < 1.29 is 22.7 Å². The van der Waals surface area contributed by atoms with Gasteiger partial charge in [-0.1, -0.05) is 0 Å². The molecule has 0 aromatic heterocycles. The molecule has 4 nitrogen and oxygen atoms in total. The summed E-state index contributed by atoms with van der Waals surface area (Å²) in [6, 6.07) is 0. The standard InChI is InChI=1S/C11H19F3N2O2/c1-8(2)5-10(7(15)17,9(3,4)18-8)16-6-11(12,13)14/h16H,5-6H2,1-4H3,(H2,15,17). The molecule has 1 saturated heterocycles. The molecule has 1 amide bonds. The molecule has 1 atom stereocenters. The number of halogens is 3. The molecule has 0 aromatic rings. The van der Waals surface area contributed by atoms with Gasteiger partial charge in [-0.3, -0.25) is 10.1 Å². The second kappa shape index (κ2) is 4.09. The molecule has 1 aliphatic rings. The van der Waals surface area contributed by atoms with Crippen LogP contribution in [-0.4, -0.2) is 35.4 Å². The first-order valence-electron chi connectivity index (χ1n) is 5.63. The van der Waals surface area contributed by atoms with E-state index in [4.69, 9.17) is 10.5 Å². The molecule has 0 bridgehead atoms. The lowest BCUT2D eigenvalue weighted by atomic mass is 9.78. The Morgan fingerprint density at radius 3 is 2.11 bits per heavy atom. The van der Waals surface area contributed by atoms with Crippen LogP contribution in [0.2, 0.25) is 0 Å². The minimum absolute atomic E-state index is 0.0956. The smallest absolute Gasteiger partial charge is 0.368 e. The number of amides is 1. The van der Waals surface area contributed by atoms with Crippen LogP contribution >= 0.6 is 0 Å². The summed E-state index contributed by atoms with van der Waals surface area (Å²) in [4.78, 5) is 11.7. The van der Waals surface area contributed by atoms with Gasteiger partial charge in [-0.25, -0.2) is 0 Å². The number of carbonyl (C=O) groups excluding carboxylic acids is 1. The van der Waals surface area contributed by atoms with Gasteiger partial charge < -0.3 is 10.5 Å². The quantitative estimate of drug-likeness (QED) is 0.812. The lowest BCUT2D eigenvalue weighted by Gasteiger charge is -2.38. The van der Waals surface area contributed by atoms with Crippen molar-refractivity contribution in [1.29, 1.82) is 0 Å². The highest BCUT2D eigenvalue weighted by atomic mass is 19.4. The fourth-order valence-corrected chi connectivity index (χ4v) is 2.66. The number of nitrogens with two attached hydrogens (primary N) is 1. The van der Waals surface area contributed by atoms with Crippen LogP contribution in [0.5, 0.6) is 0 Å². The molecule has 1 aliphatic heterocycles.